The molecule has 4 heteroatoms. The summed E-state index contributed by atoms with van der Waals surface area (Å²) in [5.74, 6) is 1.13. The summed E-state index contributed by atoms with van der Waals surface area (Å²) in [5, 5.41) is 2.05. The monoisotopic (exact) mass is 355 g/mol. The van der Waals surface area contributed by atoms with Gasteiger partial charge in [-0.05, 0) is 66.8 Å². The summed E-state index contributed by atoms with van der Waals surface area (Å²) in [6.45, 7) is 2.33. The largest absolute Gasteiger partial charge is 0.489 e. The van der Waals surface area contributed by atoms with Crippen molar-refractivity contribution in [2.24, 2.45) is 0 Å². The van der Waals surface area contributed by atoms with Gasteiger partial charge in [0.05, 0.1) is 4.88 Å². The van der Waals surface area contributed by atoms with Crippen molar-refractivity contribution in [1.82, 2.24) is 4.90 Å². The number of likely N-dealkylation sites (tertiary alicyclic amines) is 1. The second kappa shape index (κ2) is 7.61. The molecular weight excluding hydrogens is 330 g/mol. The molecule has 1 saturated heterocycles. The van der Waals surface area contributed by atoms with E-state index in [1.165, 1.54) is 43.2 Å². The van der Waals surface area contributed by atoms with E-state index in [4.69, 9.17) is 4.74 Å². The summed E-state index contributed by atoms with van der Waals surface area (Å²) in [7, 11) is 0. The zero-order chi connectivity index (χ0) is 17.1. The first-order chi connectivity index (χ1) is 12.3. The molecule has 0 unspecified atom stereocenters. The van der Waals surface area contributed by atoms with E-state index in [-0.39, 0.29) is 5.91 Å². The van der Waals surface area contributed by atoms with Crippen molar-refractivity contribution >= 4 is 17.2 Å². The lowest BCUT2D eigenvalue weighted by Crippen LogP contribution is -2.31. The van der Waals surface area contributed by atoms with Crippen molar-refractivity contribution in [2.45, 2.75) is 51.6 Å². The summed E-state index contributed by atoms with van der Waals surface area (Å²) in [6.07, 6.45) is 8.37. The number of ether oxygens (including phenoxy) is 1. The number of carbonyl (C=O) groups excluding carboxylic acids is 1. The van der Waals surface area contributed by atoms with Gasteiger partial charge < -0.3 is 9.64 Å². The van der Waals surface area contributed by atoms with E-state index in [1.54, 1.807) is 11.3 Å². The molecule has 2 heterocycles. The van der Waals surface area contributed by atoms with Gasteiger partial charge in [-0.1, -0.05) is 18.9 Å². The molecule has 1 aliphatic carbocycles. The van der Waals surface area contributed by atoms with Crippen LogP contribution in [0.2, 0.25) is 0 Å². The number of fused-ring (bicyclic) bond motifs is 1. The van der Waals surface area contributed by atoms with E-state index in [0.29, 0.717) is 6.61 Å². The minimum atomic E-state index is 0.190. The van der Waals surface area contributed by atoms with Crippen molar-refractivity contribution in [3.8, 4) is 5.75 Å². The zero-order valence-corrected chi connectivity index (χ0v) is 15.4. The number of hydrogen-bond donors (Lipinski definition) is 0. The highest BCUT2D eigenvalue weighted by Crippen LogP contribution is 2.27. The standard InChI is InChI=1S/C21H25NO2S/c23-21(22-10-3-1-2-4-11-22)20-12-16(15-25-20)14-24-19-9-8-17-6-5-7-18(17)13-19/h8-9,12-13,15H,1-7,10-11,14H2. The first kappa shape index (κ1) is 16.6. The van der Waals surface area contributed by atoms with E-state index >= 15 is 0 Å². The lowest BCUT2D eigenvalue weighted by molar-refractivity contribution is 0.0766. The Kier molecular flexibility index (Phi) is 5.07. The number of amides is 1. The molecule has 4 rings (SSSR count). The minimum absolute atomic E-state index is 0.190. The Labute approximate surface area is 153 Å². The maximum Gasteiger partial charge on any atom is 0.263 e. The third-order valence-electron chi connectivity index (χ3n) is 5.23. The summed E-state index contributed by atoms with van der Waals surface area (Å²) in [6, 6.07) is 8.45. The fourth-order valence-corrected chi connectivity index (χ4v) is 4.66. The highest BCUT2D eigenvalue weighted by atomic mass is 32.1. The van der Waals surface area contributed by atoms with Crippen LogP contribution in [0.1, 0.15) is 58.5 Å². The molecule has 25 heavy (non-hydrogen) atoms. The number of carbonyl (C=O) groups is 1. The van der Waals surface area contributed by atoms with Crippen LogP contribution < -0.4 is 4.74 Å². The first-order valence-electron chi connectivity index (χ1n) is 9.41. The number of hydrogen-bond acceptors (Lipinski definition) is 3. The van der Waals surface area contributed by atoms with Crippen molar-refractivity contribution in [2.75, 3.05) is 13.1 Å². The maximum absolute atomic E-state index is 12.7. The van der Waals surface area contributed by atoms with Crippen molar-refractivity contribution in [3.05, 3.63) is 51.2 Å². The number of benzene rings is 1. The van der Waals surface area contributed by atoms with Gasteiger partial charge in [-0.3, -0.25) is 4.79 Å². The van der Waals surface area contributed by atoms with Gasteiger partial charge in [-0.15, -0.1) is 11.3 Å². The SMILES string of the molecule is O=C(c1cc(COc2ccc3c(c2)CCC3)cs1)N1CCCCCC1. The van der Waals surface area contributed by atoms with Crippen LogP contribution >= 0.6 is 11.3 Å². The van der Waals surface area contributed by atoms with Crippen LogP contribution in [0.15, 0.2) is 29.6 Å². The molecule has 2 aromatic rings. The smallest absolute Gasteiger partial charge is 0.263 e. The van der Waals surface area contributed by atoms with Crippen LogP contribution in [0, 0.1) is 0 Å². The normalized spacial score (nSPS) is 17.2. The van der Waals surface area contributed by atoms with E-state index in [9.17, 15) is 4.79 Å². The molecule has 1 aromatic carbocycles. The fraction of sp³-hybridized carbons (Fsp3) is 0.476. The van der Waals surface area contributed by atoms with E-state index < -0.39 is 0 Å². The van der Waals surface area contributed by atoms with Crippen LogP contribution in [0.4, 0.5) is 0 Å². The first-order valence-corrected chi connectivity index (χ1v) is 10.3. The Hall–Kier alpha value is -1.81. The Morgan fingerprint density at radius 1 is 1.00 bits per heavy atom. The van der Waals surface area contributed by atoms with Crippen molar-refractivity contribution in [1.29, 1.82) is 0 Å². The van der Waals surface area contributed by atoms with E-state index in [0.717, 1.165) is 42.1 Å². The van der Waals surface area contributed by atoms with Gasteiger partial charge in [0.15, 0.2) is 0 Å². The average Bonchev–Trinajstić information content (AvgIpc) is 3.21. The third kappa shape index (κ3) is 3.90. The molecular formula is C21H25NO2S. The Balaban J connectivity index is 1.37. The minimum Gasteiger partial charge on any atom is -0.489 e. The molecule has 2 aliphatic rings. The molecule has 0 bridgehead atoms. The second-order valence-electron chi connectivity index (χ2n) is 7.10. The quantitative estimate of drug-likeness (QED) is 0.786. The average molecular weight is 356 g/mol. The highest BCUT2D eigenvalue weighted by Gasteiger charge is 2.19. The van der Waals surface area contributed by atoms with Gasteiger partial charge in [-0.25, -0.2) is 0 Å². The van der Waals surface area contributed by atoms with Crippen LogP contribution in [0.5, 0.6) is 5.75 Å². The Morgan fingerprint density at radius 3 is 2.64 bits per heavy atom. The second-order valence-corrected chi connectivity index (χ2v) is 8.01. The Bertz CT molecular complexity index is 744. The van der Waals surface area contributed by atoms with Crippen molar-refractivity contribution in [3.63, 3.8) is 0 Å². The number of nitrogens with zero attached hydrogens (tertiary/aromatic N) is 1. The molecule has 3 nitrogen and oxygen atoms in total. The highest BCUT2D eigenvalue weighted by molar-refractivity contribution is 7.12. The molecule has 0 atom stereocenters. The molecule has 1 aliphatic heterocycles. The molecule has 0 radical (unpaired) electrons. The van der Waals surface area contributed by atoms with Gasteiger partial charge in [0.1, 0.15) is 12.4 Å². The molecule has 0 saturated carbocycles. The third-order valence-corrected chi connectivity index (χ3v) is 6.20. The summed E-state index contributed by atoms with van der Waals surface area (Å²) in [4.78, 5) is 15.5. The van der Waals surface area contributed by atoms with Gasteiger partial charge in [-0.2, -0.15) is 0 Å². The number of rotatable bonds is 4. The molecule has 0 spiro atoms. The van der Waals surface area contributed by atoms with Gasteiger partial charge >= 0.3 is 0 Å². The van der Waals surface area contributed by atoms with E-state index in [1.807, 2.05) is 11.0 Å². The lowest BCUT2D eigenvalue weighted by Gasteiger charge is -2.19. The van der Waals surface area contributed by atoms with E-state index in [2.05, 4.69) is 23.6 Å². The Morgan fingerprint density at radius 2 is 1.80 bits per heavy atom. The number of thiophene rings is 1. The maximum atomic E-state index is 12.7. The van der Waals surface area contributed by atoms with Gasteiger partial charge in [0.2, 0.25) is 0 Å². The van der Waals surface area contributed by atoms with Crippen LogP contribution in [-0.2, 0) is 19.4 Å². The predicted octanol–water partition coefficient (Wildman–Crippen LogP) is 4.83. The van der Waals surface area contributed by atoms with Crippen molar-refractivity contribution < 1.29 is 9.53 Å². The summed E-state index contributed by atoms with van der Waals surface area (Å²) in [5.41, 5.74) is 3.98. The molecule has 1 fully saturated rings. The molecule has 1 amide bonds. The predicted molar refractivity (Wildman–Crippen MR) is 101 cm³/mol. The molecule has 0 N–H and O–H groups in total. The fourth-order valence-electron chi connectivity index (χ4n) is 3.80. The van der Waals surface area contributed by atoms with Gasteiger partial charge in [0, 0.05) is 18.7 Å². The number of aryl methyl sites for hydroxylation is 2. The molecule has 132 valence electrons. The summed E-state index contributed by atoms with van der Waals surface area (Å²) < 4.78 is 5.96. The zero-order valence-electron chi connectivity index (χ0n) is 14.6. The van der Waals surface area contributed by atoms with Crippen LogP contribution in [0.3, 0.4) is 0 Å². The van der Waals surface area contributed by atoms with Crippen LogP contribution in [-0.4, -0.2) is 23.9 Å². The topological polar surface area (TPSA) is 29.5 Å². The summed E-state index contributed by atoms with van der Waals surface area (Å²) >= 11 is 1.54. The lowest BCUT2D eigenvalue weighted by atomic mass is 10.1. The van der Waals surface area contributed by atoms with Gasteiger partial charge in [0.25, 0.3) is 5.91 Å². The molecule has 1 aromatic heterocycles. The van der Waals surface area contributed by atoms with Crippen LogP contribution in [0.25, 0.3) is 0 Å².